The van der Waals surface area contributed by atoms with E-state index in [1.165, 1.54) is 0 Å². The average Bonchev–Trinajstić information content (AvgIpc) is 1.69. The van der Waals surface area contributed by atoms with Crippen LogP contribution < -0.4 is 11.1 Å². The summed E-state index contributed by atoms with van der Waals surface area (Å²) in [5.74, 6) is 0.752. The second-order valence-electron chi connectivity index (χ2n) is 1.43. The van der Waals surface area contributed by atoms with Gasteiger partial charge >= 0.3 is 0 Å². The molecule has 0 unspecified atom stereocenters. The van der Waals surface area contributed by atoms with E-state index in [0.29, 0.717) is 0 Å². The van der Waals surface area contributed by atoms with Crippen molar-refractivity contribution in [3.8, 4) is 0 Å². The molecule has 0 amide bonds. The summed E-state index contributed by atoms with van der Waals surface area (Å²) < 4.78 is 0. The first-order valence-corrected chi connectivity index (χ1v) is 2.26. The van der Waals surface area contributed by atoms with Gasteiger partial charge in [-0.1, -0.05) is 12.2 Å². The molecule has 0 spiro atoms. The maximum absolute atomic E-state index is 5.33. The summed E-state index contributed by atoms with van der Waals surface area (Å²) in [6.07, 6.45) is 5.78. The van der Waals surface area contributed by atoms with E-state index < -0.39 is 0 Å². The van der Waals surface area contributed by atoms with E-state index in [1.807, 2.05) is 18.2 Å². The normalized spacial score (nSPS) is 18.0. The van der Waals surface area contributed by atoms with Gasteiger partial charge in [0.1, 0.15) is 0 Å². The molecule has 40 valence electrons. The third-order valence-corrected chi connectivity index (χ3v) is 0.836. The smallest absolute Gasteiger partial charge is 0.0962 e. The van der Waals surface area contributed by atoms with Crippen molar-refractivity contribution in [2.75, 3.05) is 6.54 Å². The number of hydrogen-bond donors (Lipinski definition) is 2. The molecule has 1 aliphatic heterocycles. The largest absolute Gasteiger partial charge is 0.386 e. The Labute approximate surface area is 44.2 Å². The molecule has 0 aromatic heterocycles. The van der Waals surface area contributed by atoms with Crippen LogP contribution in [0.3, 0.4) is 0 Å². The topological polar surface area (TPSA) is 38.0 Å². The summed E-state index contributed by atoms with van der Waals surface area (Å²) in [7, 11) is 0. The fraction of sp³-hybridized carbons (Fsp3) is 0.200. The van der Waals surface area contributed by atoms with Crippen molar-refractivity contribution >= 4 is 0 Å². The lowest BCUT2D eigenvalue weighted by Gasteiger charge is -2.03. The average molecular weight is 98.1 g/mol. The minimum Gasteiger partial charge on any atom is -0.386 e. The summed E-state index contributed by atoms with van der Waals surface area (Å²) in [6, 6.07) is 0. The van der Waals surface area contributed by atoms with Crippen LogP contribution in [0.25, 0.3) is 0 Å². The Morgan fingerprint density at radius 1 is 1.86 bits per heavy atom. The molecule has 2 nitrogen and oxygen atoms in total. The predicted molar refractivity (Wildman–Crippen MR) is 31.5 cm³/mol. The molecule has 0 bridgehead atoms. The van der Waals surface area contributed by atoms with Gasteiger partial charge in [0.05, 0.1) is 5.82 Å². The highest BCUT2D eigenvalue weighted by molar-refractivity contribution is 5.13. The predicted octanol–water partition coefficient (Wildman–Crippen LogP) is 0.192. The first-order valence-electron chi connectivity index (χ1n) is 2.26. The highest BCUT2D eigenvalue weighted by Gasteiger charge is 1.85. The minimum absolute atomic E-state index is 0. The monoisotopic (exact) mass is 98.1 g/mol. The van der Waals surface area contributed by atoms with Crippen LogP contribution in [0.15, 0.2) is 24.0 Å². The molecule has 2 heteroatoms. The number of nitrogens with one attached hydrogen (secondary N) is 1. The van der Waals surface area contributed by atoms with Crippen molar-refractivity contribution in [2.24, 2.45) is 5.73 Å². The van der Waals surface area contributed by atoms with Gasteiger partial charge in [-0.05, 0) is 6.08 Å². The lowest BCUT2D eigenvalue weighted by atomic mass is 10.4. The second kappa shape index (κ2) is 1.69. The summed E-state index contributed by atoms with van der Waals surface area (Å²) in [4.78, 5) is 0. The molecular formula is C5H10N2. The van der Waals surface area contributed by atoms with Gasteiger partial charge in [0.2, 0.25) is 0 Å². The van der Waals surface area contributed by atoms with Crippen LogP contribution >= 0.6 is 0 Å². The fourth-order valence-electron chi connectivity index (χ4n) is 0.475. The van der Waals surface area contributed by atoms with Crippen LogP contribution in [-0.2, 0) is 0 Å². The SMILES string of the molecule is NC1=CC=CCN1.[HH]. The van der Waals surface area contributed by atoms with Gasteiger partial charge in [-0.15, -0.1) is 0 Å². The molecule has 1 heterocycles. The van der Waals surface area contributed by atoms with Crippen LogP contribution in [0.5, 0.6) is 0 Å². The van der Waals surface area contributed by atoms with Crippen LogP contribution in [0, 0.1) is 0 Å². The summed E-state index contributed by atoms with van der Waals surface area (Å²) in [6.45, 7) is 0.863. The second-order valence-corrected chi connectivity index (χ2v) is 1.43. The Hall–Kier alpha value is -0.920. The first-order chi connectivity index (χ1) is 3.39. The standard InChI is InChI=1S/C5H8N2.H2/c6-5-3-1-2-4-7-5;/h1-3,7H,4,6H2;1H. The van der Waals surface area contributed by atoms with Crippen molar-refractivity contribution in [1.29, 1.82) is 0 Å². The summed E-state index contributed by atoms with van der Waals surface area (Å²) in [5.41, 5.74) is 5.33. The van der Waals surface area contributed by atoms with Crippen LogP contribution in [0.1, 0.15) is 1.43 Å². The van der Waals surface area contributed by atoms with Crippen LogP contribution in [0.4, 0.5) is 0 Å². The van der Waals surface area contributed by atoms with E-state index in [2.05, 4.69) is 5.32 Å². The van der Waals surface area contributed by atoms with E-state index in [9.17, 15) is 0 Å². The third-order valence-electron chi connectivity index (χ3n) is 0.836. The van der Waals surface area contributed by atoms with Crippen LogP contribution in [-0.4, -0.2) is 6.54 Å². The van der Waals surface area contributed by atoms with E-state index in [4.69, 9.17) is 5.73 Å². The van der Waals surface area contributed by atoms with Gasteiger partial charge in [-0.25, -0.2) is 0 Å². The fourth-order valence-corrected chi connectivity index (χ4v) is 0.475. The van der Waals surface area contributed by atoms with E-state index >= 15 is 0 Å². The number of rotatable bonds is 0. The number of dihydropyridines is 1. The minimum atomic E-state index is 0. The van der Waals surface area contributed by atoms with Crippen molar-refractivity contribution in [2.45, 2.75) is 0 Å². The molecule has 0 atom stereocenters. The molecule has 3 N–H and O–H groups in total. The highest BCUT2D eigenvalue weighted by Crippen LogP contribution is 1.85. The highest BCUT2D eigenvalue weighted by atomic mass is 15.0. The molecule has 0 radical (unpaired) electrons. The van der Waals surface area contributed by atoms with Crippen molar-refractivity contribution < 1.29 is 1.43 Å². The Morgan fingerprint density at radius 3 is 3.00 bits per heavy atom. The molecule has 7 heavy (non-hydrogen) atoms. The molecule has 0 aromatic rings. The molecule has 1 aliphatic rings. The van der Waals surface area contributed by atoms with Gasteiger partial charge in [0.15, 0.2) is 0 Å². The lowest BCUT2D eigenvalue weighted by Crippen LogP contribution is -2.21. The summed E-state index contributed by atoms with van der Waals surface area (Å²) in [5, 5.41) is 2.93. The third kappa shape index (κ3) is 0.961. The van der Waals surface area contributed by atoms with Crippen molar-refractivity contribution in [3.63, 3.8) is 0 Å². The number of hydrogen-bond acceptors (Lipinski definition) is 2. The van der Waals surface area contributed by atoms with E-state index in [-0.39, 0.29) is 1.43 Å². The molecule has 1 rings (SSSR count). The first kappa shape index (κ1) is 4.24. The quantitative estimate of drug-likeness (QED) is 0.454. The van der Waals surface area contributed by atoms with E-state index in [0.717, 1.165) is 12.4 Å². The van der Waals surface area contributed by atoms with Gasteiger partial charge < -0.3 is 11.1 Å². The Morgan fingerprint density at radius 2 is 2.71 bits per heavy atom. The van der Waals surface area contributed by atoms with Gasteiger partial charge in [0, 0.05) is 7.97 Å². The number of nitrogens with two attached hydrogens (primary N) is 1. The Balaban J connectivity index is 0.000000490. The molecule has 0 saturated heterocycles. The van der Waals surface area contributed by atoms with Gasteiger partial charge in [0.25, 0.3) is 0 Å². The van der Waals surface area contributed by atoms with Gasteiger partial charge in [-0.2, -0.15) is 0 Å². The zero-order chi connectivity index (χ0) is 5.11. The zero-order valence-corrected chi connectivity index (χ0v) is 4.02. The maximum atomic E-state index is 5.33. The van der Waals surface area contributed by atoms with Gasteiger partial charge in [-0.3, -0.25) is 0 Å². The lowest BCUT2D eigenvalue weighted by molar-refractivity contribution is 0.874. The molecule has 0 aromatic carbocycles. The molecule has 0 saturated carbocycles. The van der Waals surface area contributed by atoms with E-state index in [1.54, 1.807) is 0 Å². The van der Waals surface area contributed by atoms with Crippen molar-refractivity contribution in [3.05, 3.63) is 24.0 Å². The van der Waals surface area contributed by atoms with Crippen LogP contribution in [0.2, 0.25) is 0 Å². The summed E-state index contributed by atoms with van der Waals surface area (Å²) >= 11 is 0. The Bertz CT molecular complexity index is 118. The van der Waals surface area contributed by atoms with Crippen molar-refractivity contribution in [1.82, 2.24) is 5.32 Å². The Kier molecular flexibility index (Phi) is 1.02. The molecule has 0 aliphatic carbocycles. The maximum Gasteiger partial charge on any atom is 0.0962 e. The zero-order valence-electron chi connectivity index (χ0n) is 4.02. The number of allylic oxidation sites excluding steroid dienone is 2. The molecular weight excluding hydrogens is 88.1 g/mol. The molecule has 0 fully saturated rings.